The van der Waals surface area contributed by atoms with Crippen molar-refractivity contribution in [3.63, 3.8) is 0 Å². The van der Waals surface area contributed by atoms with Crippen LogP contribution in [0.15, 0.2) is 82.1 Å². The first-order valence-electron chi connectivity index (χ1n) is 8.77. The van der Waals surface area contributed by atoms with Gasteiger partial charge in [-0.3, -0.25) is 9.52 Å². The molecular formula is C21H17N3O4S. The topological polar surface area (TPSA) is 101 Å². The van der Waals surface area contributed by atoms with Crippen LogP contribution in [0.25, 0.3) is 11.1 Å². The van der Waals surface area contributed by atoms with Crippen molar-refractivity contribution >= 4 is 38.4 Å². The number of hydrogen-bond donors (Lipinski definition) is 2. The van der Waals surface area contributed by atoms with Crippen LogP contribution in [-0.4, -0.2) is 19.3 Å². The molecule has 8 heteroatoms. The largest absolute Gasteiger partial charge is 0.441 e. The van der Waals surface area contributed by atoms with Gasteiger partial charge < -0.3 is 9.73 Å². The Balaban J connectivity index is 1.49. The molecule has 3 aromatic carbocycles. The van der Waals surface area contributed by atoms with Gasteiger partial charge in [-0.1, -0.05) is 18.2 Å². The number of fused-ring (bicyclic) bond motifs is 1. The van der Waals surface area contributed by atoms with Crippen molar-refractivity contribution in [3.05, 3.63) is 84.3 Å². The summed E-state index contributed by atoms with van der Waals surface area (Å²) in [6, 6.07) is 19.5. The average Bonchev–Trinajstić information content (AvgIpc) is 3.08. The van der Waals surface area contributed by atoms with Gasteiger partial charge in [0.15, 0.2) is 11.5 Å². The summed E-state index contributed by atoms with van der Waals surface area (Å²) in [5.41, 5.74) is 2.65. The molecule has 1 amide bonds. The van der Waals surface area contributed by atoms with Crippen molar-refractivity contribution in [1.29, 1.82) is 0 Å². The molecule has 4 rings (SSSR count). The third kappa shape index (κ3) is 4.12. The average molecular weight is 407 g/mol. The molecule has 0 saturated heterocycles. The van der Waals surface area contributed by atoms with E-state index in [0.717, 1.165) is 0 Å². The lowest BCUT2D eigenvalue weighted by atomic mass is 10.2. The molecule has 0 atom stereocenters. The Morgan fingerprint density at radius 2 is 1.66 bits per heavy atom. The number of para-hydroxylation sites is 1. The van der Waals surface area contributed by atoms with Gasteiger partial charge >= 0.3 is 0 Å². The van der Waals surface area contributed by atoms with E-state index in [1.165, 1.54) is 24.3 Å². The van der Waals surface area contributed by atoms with Crippen LogP contribution >= 0.6 is 0 Å². The number of sulfonamides is 1. The van der Waals surface area contributed by atoms with Gasteiger partial charge in [-0.15, -0.1) is 0 Å². The highest BCUT2D eigenvalue weighted by Gasteiger charge is 2.15. The summed E-state index contributed by atoms with van der Waals surface area (Å²) in [6.45, 7) is 1.75. The molecule has 0 bridgehead atoms. The van der Waals surface area contributed by atoms with Gasteiger partial charge in [-0.25, -0.2) is 13.4 Å². The molecule has 29 heavy (non-hydrogen) atoms. The molecule has 2 N–H and O–H groups in total. The zero-order valence-electron chi connectivity index (χ0n) is 15.4. The van der Waals surface area contributed by atoms with Gasteiger partial charge in [0.05, 0.1) is 4.90 Å². The summed E-state index contributed by atoms with van der Waals surface area (Å²) in [7, 11) is -3.74. The maximum Gasteiger partial charge on any atom is 0.261 e. The lowest BCUT2D eigenvalue weighted by Crippen LogP contribution is -2.14. The summed E-state index contributed by atoms with van der Waals surface area (Å²) in [4.78, 5) is 16.8. The fourth-order valence-corrected chi connectivity index (χ4v) is 3.89. The number of rotatable bonds is 5. The zero-order chi connectivity index (χ0) is 20.4. The number of aryl methyl sites for hydroxylation is 1. The molecule has 0 fully saturated rings. The second-order valence-electron chi connectivity index (χ2n) is 6.37. The Bertz CT molecular complexity index is 1280. The van der Waals surface area contributed by atoms with Gasteiger partial charge in [0, 0.05) is 23.9 Å². The summed E-state index contributed by atoms with van der Waals surface area (Å²) >= 11 is 0. The van der Waals surface area contributed by atoms with E-state index in [2.05, 4.69) is 15.0 Å². The summed E-state index contributed by atoms with van der Waals surface area (Å²) < 4.78 is 32.9. The first kappa shape index (κ1) is 18.7. The van der Waals surface area contributed by atoms with Gasteiger partial charge in [0.2, 0.25) is 0 Å². The minimum Gasteiger partial charge on any atom is -0.441 e. The second-order valence-corrected chi connectivity index (χ2v) is 8.05. The molecule has 4 aromatic rings. The lowest BCUT2D eigenvalue weighted by Gasteiger charge is -2.09. The van der Waals surface area contributed by atoms with E-state index in [9.17, 15) is 13.2 Å². The van der Waals surface area contributed by atoms with Crippen LogP contribution in [0.5, 0.6) is 0 Å². The predicted molar refractivity (Wildman–Crippen MR) is 110 cm³/mol. The molecule has 0 radical (unpaired) electrons. The number of oxazole rings is 1. The summed E-state index contributed by atoms with van der Waals surface area (Å²) in [6.07, 6.45) is 0. The lowest BCUT2D eigenvalue weighted by molar-refractivity contribution is 0.102. The van der Waals surface area contributed by atoms with E-state index in [0.29, 0.717) is 33.9 Å². The van der Waals surface area contributed by atoms with Crippen LogP contribution < -0.4 is 10.0 Å². The van der Waals surface area contributed by atoms with Crippen molar-refractivity contribution < 1.29 is 17.6 Å². The van der Waals surface area contributed by atoms with Crippen LogP contribution in [0, 0.1) is 6.92 Å². The number of nitrogens with zero attached hydrogens (tertiary/aromatic N) is 1. The Morgan fingerprint density at radius 3 is 2.38 bits per heavy atom. The van der Waals surface area contributed by atoms with Crippen molar-refractivity contribution in [2.75, 3.05) is 10.0 Å². The van der Waals surface area contributed by atoms with E-state index in [4.69, 9.17) is 4.42 Å². The van der Waals surface area contributed by atoms with Crippen molar-refractivity contribution in [3.8, 4) is 0 Å². The Labute approximate surface area is 167 Å². The van der Waals surface area contributed by atoms with Gasteiger partial charge in [0.1, 0.15) is 5.52 Å². The quantitative estimate of drug-likeness (QED) is 0.517. The van der Waals surface area contributed by atoms with Gasteiger partial charge in [-0.2, -0.15) is 0 Å². The highest BCUT2D eigenvalue weighted by molar-refractivity contribution is 7.92. The fourth-order valence-electron chi connectivity index (χ4n) is 2.83. The highest BCUT2D eigenvalue weighted by atomic mass is 32.2. The number of aromatic nitrogens is 1. The fraction of sp³-hybridized carbons (Fsp3) is 0.0476. The van der Waals surface area contributed by atoms with E-state index in [1.54, 1.807) is 55.5 Å². The SMILES string of the molecule is Cc1nc2cc(NC(=O)c3ccc(S(=O)(=O)Nc4ccccc4)cc3)ccc2o1. The number of anilines is 2. The van der Waals surface area contributed by atoms with E-state index in [1.807, 2.05) is 0 Å². The van der Waals surface area contributed by atoms with Gasteiger partial charge in [0.25, 0.3) is 15.9 Å². The Morgan fingerprint density at radius 1 is 0.931 bits per heavy atom. The number of carbonyl (C=O) groups is 1. The van der Waals surface area contributed by atoms with E-state index in [-0.39, 0.29) is 10.8 Å². The van der Waals surface area contributed by atoms with Crippen LogP contribution in [0.4, 0.5) is 11.4 Å². The van der Waals surface area contributed by atoms with Crippen molar-refractivity contribution in [1.82, 2.24) is 4.98 Å². The maximum atomic E-state index is 12.5. The van der Waals surface area contributed by atoms with Crippen LogP contribution in [-0.2, 0) is 10.0 Å². The normalized spacial score (nSPS) is 11.3. The third-order valence-electron chi connectivity index (χ3n) is 4.21. The molecule has 0 aliphatic heterocycles. The van der Waals surface area contributed by atoms with E-state index < -0.39 is 10.0 Å². The Hall–Kier alpha value is -3.65. The van der Waals surface area contributed by atoms with Gasteiger partial charge in [-0.05, 0) is 54.6 Å². The molecule has 146 valence electrons. The molecule has 0 aliphatic rings. The van der Waals surface area contributed by atoms with E-state index >= 15 is 0 Å². The minimum absolute atomic E-state index is 0.0670. The summed E-state index contributed by atoms with van der Waals surface area (Å²) in [5.74, 6) is 0.189. The third-order valence-corrected chi connectivity index (χ3v) is 5.60. The molecule has 0 saturated carbocycles. The standard InChI is InChI=1S/C21H17N3O4S/c1-14-22-19-13-17(9-12-20(19)28-14)23-21(25)15-7-10-18(11-8-15)29(26,27)24-16-5-3-2-4-6-16/h2-13,24H,1H3,(H,23,25). The molecular weight excluding hydrogens is 390 g/mol. The smallest absolute Gasteiger partial charge is 0.261 e. The maximum absolute atomic E-state index is 12.5. The molecule has 0 aliphatic carbocycles. The van der Waals surface area contributed by atoms with Crippen LogP contribution in [0.1, 0.15) is 16.2 Å². The number of benzene rings is 3. The number of nitrogens with one attached hydrogen (secondary N) is 2. The van der Waals surface area contributed by atoms with Crippen molar-refractivity contribution in [2.24, 2.45) is 0 Å². The number of amides is 1. The second kappa shape index (κ2) is 7.40. The first-order chi connectivity index (χ1) is 13.9. The van der Waals surface area contributed by atoms with Crippen LogP contribution in [0.2, 0.25) is 0 Å². The minimum atomic E-state index is -3.74. The van der Waals surface area contributed by atoms with Crippen molar-refractivity contribution in [2.45, 2.75) is 11.8 Å². The predicted octanol–water partition coefficient (Wildman–Crippen LogP) is 4.19. The molecule has 0 spiro atoms. The summed E-state index contributed by atoms with van der Waals surface area (Å²) in [5, 5.41) is 2.77. The molecule has 7 nitrogen and oxygen atoms in total. The number of carbonyl (C=O) groups excluding carboxylic acids is 1. The zero-order valence-corrected chi connectivity index (χ0v) is 16.2. The highest BCUT2D eigenvalue weighted by Crippen LogP contribution is 2.21. The first-order valence-corrected chi connectivity index (χ1v) is 10.3. The molecule has 1 aromatic heterocycles. The molecule has 0 unspecified atom stereocenters. The Kier molecular flexibility index (Phi) is 4.77. The molecule has 1 heterocycles. The number of hydrogen-bond acceptors (Lipinski definition) is 5. The monoisotopic (exact) mass is 407 g/mol. The van der Waals surface area contributed by atoms with Crippen LogP contribution in [0.3, 0.4) is 0 Å².